The number of hydrogen-bond acceptors (Lipinski definition) is 5. The summed E-state index contributed by atoms with van der Waals surface area (Å²) in [5.41, 5.74) is 6.88. The number of halogens is 3. The molecular formula is C25H31F3N4O2. The number of benzene rings is 2. The number of amides is 1. The molecule has 0 atom stereocenters. The number of carbonyl (C=O) groups excluding carboxylic acids is 1. The fourth-order valence-electron chi connectivity index (χ4n) is 4.17. The third-order valence-corrected chi connectivity index (χ3v) is 6.40. The zero-order valence-electron chi connectivity index (χ0n) is 19.9. The van der Waals surface area contributed by atoms with Crippen molar-refractivity contribution in [1.29, 1.82) is 0 Å². The number of aryl methyl sites for hydroxylation is 1. The largest absolute Gasteiger partial charge is 0.497 e. The van der Waals surface area contributed by atoms with Gasteiger partial charge in [0.1, 0.15) is 11.5 Å². The van der Waals surface area contributed by atoms with Gasteiger partial charge in [0.2, 0.25) is 0 Å². The van der Waals surface area contributed by atoms with Crippen LogP contribution in [0.15, 0.2) is 47.5 Å². The zero-order chi connectivity index (χ0) is 25.1. The molecule has 0 saturated heterocycles. The Morgan fingerprint density at radius 1 is 1.18 bits per heavy atom. The summed E-state index contributed by atoms with van der Waals surface area (Å²) in [5, 5.41) is 2.94. The highest BCUT2D eigenvalue weighted by molar-refractivity contribution is 5.94. The van der Waals surface area contributed by atoms with E-state index in [4.69, 9.17) is 10.5 Å². The molecule has 34 heavy (non-hydrogen) atoms. The number of rotatable bonds is 6. The molecule has 184 valence electrons. The Morgan fingerprint density at radius 3 is 2.35 bits per heavy atom. The van der Waals surface area contributed by atoms with Gasteiger partial charge in [0.15, 0.2) is 0 Å². The standard InChI is InChI=1S/C25H31F3N4O2/c1-16-6-5-7-21(22(16)30-17(2)25(26,27)28)32(3)19-12-14-24(29,15-13-19)31-23(33)18-8-10-20(34-4)11-9-18/h5-11,19H,12-15,29H2,1-4H3,(H,31,33). The summed E-state index contributed by atoms with van der Waals surface area (Å²) in [5.74, 6) is 0.405. The van der Waals surface area contributed by atoms with Crippen molar-refractivity contribution in [3.8, 4) is 5.75 Å². The number of ether oxygens (including phenoxy) is 1. The molecule has 3 rings (SSSR count). The second-order valence-electron chi connectivity index (χ2n) is 8.82. The topological polar surface area (TPSA) is 79.9 Å². The Hall–Kier alpha value is -3.07. The van der Waals surface area contributed by atoms with Crippen molar-refractivity contribution >= 4 is 23.0 Å². The Balaban J connectivity index is 1.70. The first-order valence-corrected chi connectivity index (χ1v) is 11.1. The quantitative estimate of drug-likeness (QED) is 0.448. The van der Waals surface area contributed by atoms with E-state index in [1.807, 2.05) is 18.0 Å². The lowest BCUT2D eigenvalue weighted by molar-refractivity contribution is -0.0591. The summed E-state index contributed by atoms with van der Waals surface area (Å²) in [4.78, 5) is 18.6. The maximum absolute atomic E-state index is 13.1. The van der Waals surface area contributed by atoms with Crippen LogP contribution in [0.25, 0.3) is 0 Å². The normalized spacial score (nSPS) is 21.2. The van der Waals surface area contributed by atoms with Crippen LogP contribution in [0.5, 0.6) is 5.75 Å². The summed E-state index contributed by atoms with van der Waals surface area (Å²) < 4.78 is 44.4. The van der Waals surface area contributed by atoms with Crippen LogP contribution in [0.3, 0.4) is 0 Å². The molecule has 0 unspecified atom stereocenters. The van der Waals surface area contributed by atoms with Gasteiger partial charge in [-0.25, -0.2) is 4.99 Å². The Kier molecular flexibility index (Phi) is 7.55. The predicted molar refractivity (Wildman–Crippen MR) is 128 cm³/mol. The Bertz CT molecular complexity index is 1040. The molecule has 0 spiro atoms. The van der Waals surface area contributed by atoms with E-state index in [9.17, 15) is 18.0 Å². The number of nitrogens with zero attached hydrogens (tertiary/aromatic N) is 2. The Morgan fingerprint density at radius 2 is 1.79 bits per heavy atom. The number of alkyl halides is 3. The van der Waals surface area contributed by atoms with Crippen LogP contribution in [0, 0.1) is 6.92 Å². The van der Waals surface area contributed by atoms with Crippen molar-refractivity contribution in [2.45, 2.75) is 57.4 Å². The molecule has 1 fully saturated rings. The average Bonchev–Trinajstić information content (AvgIpc) is 2.79. The van der Waals surface area contributed by atoms with Gasteiger partial charge in [0, 0.05) is 18.7 Å². The minimum absolute atomic E-state index is 0.0523. The highest BCUT2D eigenvalue weighted by atomic mass is 19.4. The maximum atomic E-state index is 13.1. The first-order valence-electron chi connectivity index (χ1n) is 11.1. The summed E-state index contributed by atoms with van der Waals surface area (Å²) in [6.07, 6.45) is -2.06. The van der Waals surface area contributed by atoms with Crippen LogP contribution in [0.2, 0.25) is 0 Å². The lowest BCUT2D eigenvalue weighted by Crippen LogP contribution is -2.59. The molecule has 1 saturated carbocycles. The smallest absolute Gasteiger partial charge is 0.429 e. The lowest BCUT2D eigenvalue weighted by Gasteiger charge is -2.41. The van der Waals surface area contributed by atoms with Crippen LogP contribution < -0.4 is 20.7 Å². The lowest BCUT2D eigenvalue weighted by atomic mass is 9.85. The molecule has 0 radical (unpaired) electrons. The van der Waals surface area contributed by atoms with E-state index in [0.717, 1.165) is 6.92 Å². The molecule has 0 aliphatic heterocycles. The number of nitrogens with one attached hydrogen (secondary N) is 1. The van der Waals surface area contributed by atoms with E-state index < -0.39 is 17.6 Å². The predicted octanol–water partition coefficient (Wildman–Crippen LogP) is 5.12. The van der Waals surface area contributed by atoms with Gasteiger partial charge in [0.25, 0.3) is 5.91 Å². The number of nitrogens with two attached hydrogens (primary N) is 1. The summed E-state index contributed by atoms with van der Waals surface area (Å²) >= 11 is 0. The van der Waals surface area contributed by atoms with E-state index in [1.165, 1.54) is 0 Å². The van der Waals surface area contributed by atoms with E-state index in [2.05, 4.69) is 10.3 Å². The number of anilines is 1. The molecule has 2 aromatic rings. The van der Waals surface area contributed by atoms with Crippen LogP contribution in [-0.2, 0) is 0 Å². The van der Waals surface area contributed by atoms with Crippen LogP contribution in [0.1, 0.15) is 48.5 Å². The van der Waals surface area contributed by atoms with Gasteiger partial charge in [-0.05, 0) is 75.4 Å². The fourth-order valence-corrected chi connectivity index (χ4v) is 4.17. The van der Waals surface area contributed by atoms with Gasteiger partial charge in [-0.15, -0.1) is 0 Å². The molecule has 0 aromatic heterocycles. The van der Waals surface area contributed by atoms with Crippen molar-refractivity contribution in [2.24, 2.45) is 10.7 Å². The van der Waals surface area contributed by atoms with Gasteiger partial charge in [-0.1, -0.05) is 12.1 Å². The van der Waals surface area contributed by atoms with Crippen LogP contribution >= 0.6 is 0 Å². The molecule has 3 N–H and O–H groups in total. The highest BCUT2D eigenvalue weighted by Gasteiger charge is 2.36. The fraction of sp³-hybridized carbons (Fsp3) is 0.440. The van der Waals surface area contributed by atoms with Crippen molar-refractivity contribution in [1.82, 2.24) is 5.32 Å². The summed E-state index contributed by atoms with van der Waals surface area (Å²) in [7, 11) is 3.42. The van der Waals surface area contributed by atoms with Crippen molar-refractivity contribution in [2.75, 3.05) is 19.1 Å². The second-order valence-corrected chi connectivity index (χ2v) is 8.82. The zero-order valence-corrected chi connectivity index (χ0v) is 19.9. The minimum Gasteiger partial charge on any atom is -0.497 e. The first-order chi connectivity index (χ1) is 15.9. The number of para-hydroxylation sites is 1. The van der Waals surface area contributed by atoms with Crippen molar-refractivity contribution in [3.05, 3.63) is 53.6 Å². The molecule has 1 aliphatic carbocycles. The molecule has 2 aromatic carbocycles. The summed E-state index contributed by atoms with van der Waals surface area (Å²) in [6, 6.07) is 12.2. The minimum atomic E-state index is -4.48. The van der Waals surface area contributed by atoms with E-state index >= 15 is 0 Å². The van der Waals surface area contributed by atoms with E-state index in [1.54, 1.807) is 50.4 Å². The third-order valence-electron chi connectivity index (χ3n) is 6.40. The molecule has 1 amide bonds. The number of aliphatic imine (C=N–C) groups is 1. The van der Waals surface area contributed by atoms with Gasteiger partial charge in [-0.2, -0.15) is 13.2 Å². The summed E-state index contributed by atoms with van der Waals surface area (Å²) in [6.45, 7) is 2.73. The van der Waals surface area contributed by atoms with Crippen LogP contribution in [-0.4, -0.2) is 43.7 Å². The van der Waals surface area contributed by atoms with Gasteiger partial charge >= 0.3 is 6.18 Å². The molecule has 6 nitrogen and oxygen atoms in total. The van der Waals surface area contributed by atoms with E-state index in [-0.39, 0.29) is 11.9 Å². The Labute approximate surface area is 198 Å². The maximum Gasteiger partial charge on any atom is 0.429 e. The third kappa shape index (κ3) is 5.88. The van der Waals surface area contributed by atoms with Crippen molar-refractivity contribution < 1.29 is 22.7 Å². The highest BCUT2D eigenvalue weighted by Crippen LogP contribution is 2.37. The van der Waals surface area contributed by atoms with Crippen LogP contribution in [0.4, 0.5) is 24.5 Å². The van der Waals surface area contributed by atoms with Gasteiger partial charge < -0.3 is 20.7 Å². The number of carbonyl (C=O) groups is 1. The van der Waals surface area contributed by atoms with Gasteiger partial charge in [-0.3, -0.25) is 4.79 Å². The molecular weight excluding hydrogens is 445 g/mol. The van der Waals surface area contributed by atoms with Gasteiger partial charge in [0.05, 0.1) is 24.1 Å². The average molecular weight is 477 g/mol. The number of methoxy groups -OCH3 is 1. The molecule has 1 aliphatic rings. The first kappa shape index (κ1) is 25.6. The van der Waals surface area contributed by atoms with E-state index in [0.29, 0.717) is 53.9 Å². The SMILES string of the molecule is COc1ccc(C(=O)NC2(N)CCC(N(C)c3cccc(C)c3N=C(C)C(F)(F)F)CC2)cc1. The molecule has 9 heteroatoms. The monoisotopic (exact) mass is 476 g/mol. The molecule has 0 heterocycles. The number of hydrogen-bond donors (Lipinski definition) is 2. The van der Waals surface area contributed by atoms with Crippen molar-refractivity contribution in [3.63, 3.8) is 0 Å². The molecule has 0 bridgehead atoms. The second kappa shape index (κ2) is 10.0.